The Morgan fingerprint density at radius 1 is 0.967 bits per heavy atom. The van der Waals surface area contributed by atoms with Crippen LogP contribution in [0.25, 0.3) is 11.1 Å². The number of benzene rings is 2. The number of hydrogen-bond donors (Lipinski definition) is 1. The van der Waals surface area contributed by atoms with Gasteiger partial charge in [0.15, 0.2) is 6.61 Å². The molecule has 0 aliphatic heterocycles. The maximum atomic E-state index is 12.8. The summed E-state index contributed by atoms with van der Waals surface area (Å²) in [4.78, 5) is 11.7. The summed E-state index contributed by atoms with van der Waals surface area (Å²) < 4.78 is 80.8. The van der Waals surface area contributed by atoms with Crippen molar-refractivity contribution in [2.24, 2.45) is 5.92 Å². The number of aliphatic carboxylic acids is 1. The normalized spacial score (nSPS) is 13.4. The smallest absolute Gasteiger partial charge is 0.422 e. The van der Waals surface area contributed by atoms with Gasteiger partial charge in [-0.1, -0.05) is 32.0 Å². The first kappa shape index (κ1) is 23.6. The predicted molar refractivity (Wildman–Crippen MR) is 98.3 cm³/mol. The molecule has 1 unspecified atom stereocenters. The Kier molecular flexibility index (Phi) is 7.05. The number of rotatable bonds is 7. The van der Waals surface area contributed by atoms with Crippen molar-refractivity contribution in [2.45, 2.75) is 38.5 Å². The fourth-order valence-electron chi connectivity index (χ4n) is 2.94. The molecule has 164 valence electrons. The van der Waals surface area contributed by atoms with Gasteiger partial charge in [0.1, 0.15) is 5.75 Å². The van der Waals surface area contributed by atoms with E-state index in [1.54, 1.807) is 13.8 Å². The zero-order valence-electron chi connectivity index (χ0n) is 16.1. The highest BCUT2D eigenvalue weighted by atomic mass is 19.4. The highest BCUT2D eigenvalue weighted by molar-refractivity contribution is 5.78. The molecule has 0 bridgehead atoms. The van der Waals surface area contributed by atoms with E-state index in [1.807, 2.05) is 0 Å². The average molecular weight is 434 g/mol. The van der Waals surface area contributed by atoms with E-state index in [-0.39, 0.29) is 34.8 Å². The molecule has 0 amide bonds. The fourth-order valence-corrected chi connectivity index (χ4v) is 2.94. The quantitative estimate of drug-likeness (QED) is 0.504. The lowest BCUT2D eigenvalue weighted by atomic mass is 9.88. The van der Waals surface area contributed by atoms with Gasteiger partial charge in [0.2, 0.25) is 0 Å². The van der Waals surface area contributed by atoms with Crippen LogP contribution in [0.15, 0.2) is 42.5 Å². The van der Waals surface area contributed by atoms with E-state index in [9.17, 15) is 36.2 Å². The zero-order chi connectivity index (χ0) is 22.7. The maximum absolute atomic E-state index is 12.8. The summed E-state index contributed by atoms with van der Waals surface area (Å²) >= 11 is 0. The van der Waals surface area contributed by atoms with Gasteiger partial charge in [0.05, 0.1) is 11.5 Å². The van der Waals surface area contributed by atoms with Gasteiger partial charge >= 0.3 is 18.3 Å². The SMILES string of the molecule is CC(C)CC(C(=O)O)c1cc(OCC(F)(F)F)cc(-c2ccc(C(F)(F)F)cc2)c1. The van der Waals surface area contributed by atoms with E-state index in [1.165, 1.54) is 30.3 Å². The van der Waals surface area contributed by atoms with Crippen molar-refractivity contribution in [3.05, 3.63) is 53.6 Å². The van der Waals surface area contributed by atoms with Crippen LogP contribution in [0, 0.1) is 5.92 Å². The molecular formula is C21H20F6O3. The summed E-state index contributed by atoms with van der Waals surface area (Å²) in [5.74, 6) is -2.39. The Morgan fingerprint density at radius 2 is 1.57 bits per heavy atom. The second kappa shape index (κ2) is 8.97. The predicted octanol–water partition coefficient (Wildman–Crippen LogP) is 6.53. The molecule has 0 aliphatic carbocycles. The molecule has 0 fully saturated rings. The Bertz CT molecular complexity index is 870. The summed E-state index contributed by atoms with van der Waals surface area (Å²) in [5, 5.41) is 9.57. The van der Waals surface area contributed by atoms with Crippen LogP contribution in [0.3, 0.4) is 0 Å². The van der Waals surface area contributed by atoms with E-state index in [4.69, 9.17) is 4.74 Å². The molecule has 2 aromatic carbocycles. The van der Waals surface area contributed by atoms with Gasteiger partial charge < -0.3 is 9.84 Å². The number of alkyl halides is 6. The molecular weight excluding hydrogens is 414 g/mol. The molecule has 2 rings (SSSR count). The highest BCUT2D eigenvalue weighted by Crippen LogP contribution is 2.35. The number of carbonyl (C=O) groups is 1. The van der Waals surface area contributed by atoms with Crippen molar-refractivity contribution < 1.29 is 41.0 Å². The van der Waals surface area contributed by atoms with Crippen LogP contribution in [0.4, 0.5) is 26.3 Å². The highest BCUT2D eigenvalue weighted by Gasteiger charge is 2.31. The summed E-state index contributed by atoms with van der Waals surface area (Å²) in [6.07, 6.45) is -8.91. The average Bonchev–Trinajstić information content (AvgIpc) is 2.62. The van der Waals surface area contributed by atoms with Crippen molar-refractivity contribution in [1.82, 2.24) is 0 Å². The molecule has 0 radical (unpaired) electrons. The van der Waals surface area contributed by atoms with Gasteiger partial charge in [-0.05, 0) is 53.3 Å². The van der Waals surface area contributed by atoms with Crippen molar-refractivity contribution in [2.75, 3.05) is 6.61 Å². The number of hydrogen-bond acceptors (Lipinski definition) is 2. The molecule has 0 spiro atoms. The topological polar surface area (TPSA) is 46.5 Å². The van der Waals surface area contributed by atoms with Gasteiger partial charge in [0, 0.05) is 0 Å². The molecule has 0 aliphatic rings. The zero-order valence-corrected chi connectivity index (χ0v) is 16.1. The molecule has 3 nitrogen and oxygen atoms in total. The van der Waals surface area contributed by atoms with Crippen LogP contribution in [0.1, 0.15) is 37.3 Å². The molecule has 0 saturated heterocycles. The van der Waals surface area contributed by atoms with Crippen LogP contribution in [-0.4, -0.2) is 23.9 Å². The molecule has 1 atom stereocenters. The van der Waals surface area contributed by atoms with E-state index in [0.717, 1.165) is 12.1 Å². The van der Waals surface area contributed by atoms with Crippen molar-refractivity contribution in [3.63, 3.8) is 0 Å². The molecule has 2 aromatic rings. The number of ether oxygens (including phenoxy) is 1. The van der Waals surface area contributed by atoms with Crippen LogP contribution in [0.5, 0.6) is 5.75 Å². The van der Waals surface area contributed by atoms with Crippen molar-refractivity contribution in [1.29, 1.82) is 0 Å². The first-order valence-corrected chi connectivity index (χ1v) is 9.01. The standard InChI is InChI=1S/C21H20F6O3/c1-12(2)7-18(19(28)29)15-8-14(9-17(10-15)30-11-20(22,23)24)13-3-5-16(6-4-13)21(25,26)27/h3-6,8-10,12,18H,7,11H2,1-2H3,(H,28,29). The van der Waals surface area contributed by atoms with Gasteiger partial charge in [-0.25, -0.2) is 0 Å². The van der Waals surface area contributed by atoms with Gasteiger partial charge in [-0.15, -0.1) is 0 Å². The minimum absolute atomic E-state index is 0.0135. The molecule has 30 heavy (non-hydrogen) atoms. The Labute approximate surface area is 169 Å². The van der Waals surface area contributed by atoms with Crippen molar-refractivity contribution in [3.8, 4) is 16.9 Å². The Balaban J connectivity index is 2.51. The van der Waals surface area contributed by atoms with Crippen LogP contribution in [-0.2, 0) is 11.0 Å². The van der Waals surface area contributed by atoms with E-state index in [2.05, 4.69) is 0 Å². The number of carboxylic acid groups (broad SMARTS) is 1. The lowest BCUT2D eigenvalue weighted by Crippen LogP contribution is -2.19. The third kappa shape index (κ3) is 6.67. The Morgan fingerprint density at radius 3 is 2.03 bits per heavy atom. The lowest BCUT2D eigenvalue weighted by Gasteiger charge is -2.18. The molecule has 0 heterocycles. The Hall–Kier alpha value is -2.71. The number of halogens is 6. The third-order valence-corrected chi connectivity index (χ3v) is 4.28. The lowest BCUT2D eigenvalue weighted by molar-refractivity contribution is -0.153. The number of carboxylic acids is 1. The second-order valence-electron chi connectivity index (χ2n) is 7.29. The third-order valence-electron chi connectivity index (χ3n) is 4.28. The molecule has 0 aromatic heterocycles. The second-order valence-corrected chi connectivity index (χ2v) is 7.29. The van der Waals surface area contributed by atoms with Crippen LogP contribution >= 0.6 is 0 Å². The molecule has 0 saturated carbocycles. The van der Waals surface area contributed by atoms with Crippen LogP contribution in [0.2, 0.25) is 0 Å². The van der Waals surface area contributed by atoms with Crippen molar-refractivity contribution >= 4 is 5.97 Å². The maximum Gasteiger partial charge on any atom is 0.422 e. The summed E-state index contributed by atoms with van der Waals surface area (Å²) in [5.41, 5.74) is -0.117. The van der Waals surface area contributed by atoms with Crippen LogP contribution < -0.4 is 4.74 Å². The molecule has 9 heteroatoms. The minimum atomic E-state index is -4.60. The van der Waals surface area contributed by atoms with E-state index >= 15 is 0 Å². The largest absolute Gasteiger partial charge is 0.484 e. The minimum Gasteiger partial charge on any atom is -0.484 e. The van der Waals surface area contributed by atoms with Gasteiger partial charge in [0.25, 0.3) is 0 Å². The van der Waals surface area contributed by atoms with Gasteiger partial charge in [-0.3, -0.25) is 4.79 Å². The first-order chi connectivity index (χ1) is 13.8. The summed E-state index contributed by atoms with van der Waals surface area (Å²) in [7, 11) is 0. The van der Waals surface area contributed by atoms with E-state index < -0.39 is 36.4 Å². The van der Waals surface area contributed by atoms with Gasteiger partial charge in [-0.2, -0.15) is 26.3 Å². The molecule has 1 N–H and O–H groups in total. The monoisotopic (exact) mass is 434 g/mol. The first-order valence-electron chi connectivity index (χ1n) is 9.01. The van der Waals surface area contributed by atoms with E-state index in [0.29, 0.717) is 0 Å². The fraction of sp³-hybridized carbons (Fsp3) is 0.381. The summed E-state index contributed by atoms with van der Waals surface area (Å²) in [6, 6.07) is 7.96. The summed E-state index contributed by atoms with van der Waals surface area (Å²) in [6.45, 7) is 2.03.